The zero-order valence-corrected chi connectivity index (χ0v) is 10.7. The Kier molecular flexibility index (Phi) is 3.24. The summed E-state index contributed by atoms with van der Waals surface area (Å²) < 4.78 is 17.9. The summed E-state index contributed by atoms with van der Waals surface area (Å²) in [7, 11) is 0. The number of rotatable bonds is 4. The van der Waals surface area contributed by atoms with Crippen LogP contribution in [0.3, 0.4) is 0 Å². The lowest BCUT2D eigenvalue weighted by atomic mass is 10.3. The average Bonchev–Trinajstić information content (AvgIpc) is 3.09. The van der Waals surface area contributed by atoms with Gasteiger partial charge in [0.1, 0.15) is 5.82 Å². The molecule has 1 aromatic carbocycles. The van der Waals surface area contributed by atoms with Gasteiger partial charge >= 0.3 is 0 Å². The molecular formula is C13H10FN3OS. The predicted octanol–water partition coefficient (Wildman–Crippen LogP) is 3.55. The second-order valence-electron chi connectivity index (χ2n) is 3.88. The topological polar surface area (TPSA) is 51.0 Å². The smallest absolute Gasteiger partial charge is 0.246 e. The van der Waals surface area contributed by atoms with E-state index in [4.69, 9.17) is 4.52 Å². The molecule has 4 nitrogen and oxygen atoms in total. The molecule has 96 valence electrons. The number of benzene rings is 1. The third kappa shape index (κ3) is 2.79. The number of hydrogen-bond acceptors (Lipinski definition) is 5. The number of anilines is 1. The van der Waals surface area contributed by atoms with E-state index in [1.807, 2.05) is 16.8 Å². The van der Waals surface area contributed by atoms with Crippen molar-refractivity contribution in [3.8, 4) is 11.4 Å². The zero-order chi connectivity index (χ0) is 13.1. The van der Waals surface area contributed by atoms with Crippen LogP contribution >= 0.6 is 11.3 Å². The van der Waals surface area contributed by atoms with Crippen LogP contribution in [-0.2, 0) is 6.54 Å². The van der Waals surface area contributed by atoms with Crippen LogP contribution in [0.15, 0.2) is 45.6 Å². The van der Waals surface area contributed by atoms with E-state index in [0.717, 1.165) is 11.3 Å². The van der Waals surface area contributed by atoms with Gasteiger partial charge in [-0.15, -0.1) is 0 Å². The summed E-state index contributed by atoms with van der Waals surface area (Å²) in [6, 6.07) is 8.05. The lowest BCUT2D eigenvalue weighted by Crippen LogP contribution is -1.99. The first-order valence-electron chi connectivity index (χ1n) is 5.66. The van der Waals surface area contributed by atoms with Crippen LogP contribution in [0.4, 0.5) is 10.1 Å². The van der Waals surface area contributed by atoms with Crippen molar-refractivity contribution >= 4 is 17.0 Å². The molecule has 2 aromatic heterocycles. The van der Waals surface area contributed by atoms with Crippen molar-refractivity contribution in [2.45, 2.75) is 6.54 Å². The number of hydrogen-bond donors (Lipinski definition) is 1. The Balaban J connectivity index is 1.66. The third-order valence-corrected chi connectivity index (χ3v) is 3.22. The van der Waals surface area contributed by atoms with Gasteiger partial charge in [-0.1, -0.05) is 5.16 Å². The quantitative estimate of drug-likeness (QED) is 0.791. The fourth-order valence-electron chi connectivity index (χ4n) is 1.58. The first kappa shape index (κ1) is 11.9. The van der Waals surface area contributed by atoms with Gasteiger partial charge in [-0.2, -0.15) is 16.3 Å². The number of thiophene rings is 1. The largest absolute Gasteiger partial charge is 0.376 e. The van der Waals surface area contributed by atoms with Crippen LogP contribution in [0.2, 0.25) is 0 Å². The van der Waals surface area contributed by atoms with Gasteiger partial charge in [-0.3, -0.25) is 0 Å². The minimum atomic E-state index is -0.261. The summed E-state index contributed by atoms with van der Waals surface area (Å²) in [6.45, 7) is 0.406. The molecule has 3 rings (SSSR count). The van der Waals surface area contributed by atoms with Crippen molar-refractivity contribution < 1.29 is 8.91 Å². The van der Waals surface area contributed by atoms with E-state index in [1.54, 1.807) is 23.5 Å². The van der Waals surface area contributed by atoms with Crippen molar-refractivity contribution in [2.75, 3.05) is 5.32 Å². The van der Waals surface area contributed by atoms with Crippen LogP contribution in [-0.4, -0.2) is 10.1 Å². The molecule has 3 aromatic rings. The Morgan fingerprint density at radius 1 is 1.21 bits per heavy atom. The summed E-state index contributed by atoms with van der Waals surface area (Å²) in [5.41, 5.74) is 1.75. The van der Waals surface area contributed by atoms with Crippen molar-refractivity contribution in [3.05, 3.63) is 52.8 Å². The van der Waals surface area contributed by atoms with Crippen LogP contribution in [0.1, 0.15) is 5.89 Å². The Morgan fingerprint density at radius 2 is 2.05 bits per heavy atom. The van der Waals surface area contributed by atoms with E-state index in [0.29, 0.717) is 18.3 Å². The SMILES string of the molecule is Fc1ccc(NCc2nc(-c3ccsc3)no2)cc1. The molecule has 0 amide bonds. The van der Waals surface area contributed by atoms with Gasteiger partial charge in [0, 0.05) is 16.6 Å². The lowest BCUT2D eigenvalue weighted by molar-refractivity contribution is 0.384. The Hall–Kier alpha value is -2.21. The molecule has 0 spiro atoms. The third-order valence-electron chi connectivity index (χ3n) is 2.54. The molecule has 0 atom stereocenters. The van der Waals surface area contributed by atoms with Gasteiger partial charge in [-0.05, 0) is 35.7 Å². The maximum atomic E-state index is 12.7. The highest BCUT2D eigenvalue weighted by Gasteiger charge is 2.08. The average molecular weight is 275 g/mol. The van der Waals surface area contributed by atoms with Gasteiger partial charge in [0.05, 0.1) is 6.54 Å². The summed E-state index contributed by atoms with van der Waals surface area (Å²) >= 11 is 1.58. The van der Waals surface area contributed by atoms with Crippen molar-refractivity contribution in [3.63, 3.8) is 0 Å². The summed E-state index contributed by atoms with van der Waals surface area (Å²) in [5, 5.41) is 10.9. The van der Waals surface area contributed by atoms with Gasteiger partial charge in [-0.25, -0.2) is 4.39 Å². The molecule has 0 aliphatic rings. The van der Waals surface area contributed by atoms with E-state index >= 15 is 0 Å². The minimum Gasteiger partial charge on any atom is -0.376 e. The first-order chi connectivity index (χ1) is 9.31. The minimum absolute atomic E-state index is 0.261. The standard InChI is InChI=1S/C13H10FN3OS/c14-10-1-3-11(4-2-10)15-7-12-16-13(17-18-12)9-5-6-19-8-9/h1-6,8,15H,7H2. The predicted molar refractivity (Wildman–Crippen MR) is 71.3 cm³/mol. The molecule has 0 radical (unpaired) electrons. The van der Waals surface area contributed by atoms with Crippen molar-refractivity contribution in [2.24, 2.45) is 0 Å². The molecule has 0 bridgehead atoms. The van der Waals surface area contributed by atoms with Crippen LogP contribution in [0.5, 0.6) is 0 Å². The molecule has 0 aliphatic heterocycles. The number of aromatic nitrogens is 2. The van der Waals surface area contributed by atoms with Crippen LogP contribution in [0, 0.1) is 5.82 Å². The number of nitrogens with one attached hydrogen (secondary N) is 1. The van der Waals surface area contributed by atoms with Gasteiger partial charge in [0.2, 0.25) is 11.7 Å². The van der Waals surface area contributed by atoms with E-state index < -0.39 is 0 Å². The molecule has 0 aliphatic carbocycles. The summed E-state index contributed by atoms with van der Waals surface area (Å²) in [4.78, 5) is 4.28. The Labute approximate surface area is 112 Å². The van der Waals surface area contributed by atoms with Crippen molar-refractivity contribution in [1.29, 1.82) is 0 Å². The molecule has 6 heteroatoms. The molecule has 19 heavy (non-hydrogen) atoms. The summed E-state index contributed by atoms with van der Waals surface area (Å²) in [6.07, 6.45) is 0. The van der Waals surface area contributed by atoms with Crippen LogP contribution in [0.25, 0.3) is 11.4 Å². The monoisotopic (exact) mass is 275 g/mol. The van der Waals surface area contributed by atoms with Crippen LogP contribution < -0.4 is 5.32 Å². The Bertz CT molecular complexity index is 649. The molecule has 0 saturated carbocycles. The summed E-state index contributed by atoms with van der Waals surface area (Å²) in [5.74, 6) is 0.811. The highest BCUT2D eigenvalue weighted by Crippen LogP contribution is 2.19. The lowest BCUT2D eigenvalue weighted by Gasteiger charge is -2.01. The normalized spacial score (nSPS) is 10.6. The van der Waals surface area contributed by atoms with E-state index in [-0.39, 0.29) is 5.82 Å². The first-order valence-corrected chi connectivity index (χ1v) is 6.60. The van der Waals surface area contributed by atoms with E-state index in [1.165, 1.54) is 12.1 Å². The number of nitrogens with zero attached hydrogens (tertiary/aromatic N) is 2. The maximum Gasteiger partial charge on any atom is 0.246 e. The van der Waals surface area contributed by atoms with Gasteiger partial charge in [0.15, 0.2) is 0 Å². The fourth-order valence-corrected chi connectivity index (χ4v) is 2.22. The van der Waals surface area contributed by atoms with Crippen molar-refractivity contribution in [1.82, 2.24) is 10.1 Å². The van der Waals surface area contributed by atoms with E-state index in [9.17, 15) is 4.39 Å². The van der Waals surface area contributed by atoms with Gasteiger partial charge in [0.25, 0.3) is 0 Å². The molecule has 0 saturated heterocycles. The molecule has 0 fully saturated rings. The maximum absolute atomic E-state index is 12.7. The molecule has 1 N–H and O–H groups in total. The highest BCUT2D eigenvalue weighted by molar-refractivity contribution is 7.08. The molecule has 0 unspecified atom stereocenters. The fraction of sp³-hybridized carbons (Fsp3) is 0.0769. The van der Waals surface area contributed by atoms with E-state index in [2.05, 4.69) is 15.5 Å². The van der Waals surface area contributed by atoms with Gasteiger partial charge < -0.3 is 9.84 Å². The molecule has 2 heterocycles. The zero-order valence-electron chi connectivity index (χ0n) is 9.84. The second kappa shape index (κ2) is 5.19. The second-order valence-corrected chi connectivity index (χ2v) is 4.66. The Morgan fingerprint density at radius 3 is 2.79 bits per heavy atom. The highest BCUT2D eigenvalue weighted by atomic mass is 32.1. The number of halogens is 1. The molecular weight excluding hydrogens is 265 g/mol.